The second kappa shape index (κ2) is 5.12. The highest BCUT2D eigenvalue weighted by Gasteiger charge is 2.34. The van der Waals surface area contributed by atoms with Crippen molar-refractivity contribution < 1.29 is 4.79 Å². The van der Waals surface area contributed by atoms with Gasteiger partial charge in [-0.15, -0.1) is 0 Å². The maximum absolute atomic E-state index is 12.5. The van der Waals surface area contributed by atoms with Crippen LogP contribution in [0.15, 0.2) is 12.3 Å². The quantitative estimate of drug-likeness (QED) is 0.788. The van der Waals surface area contributed by atoms with Crippen molar-refractivity contribution in [2.24, 2.45) is 11.3 Å². The third-order valence-electron chi connectivity index (χ3n) is 3.92. The lowest BCUT2D eigenvalue weighted by molar-refractivity contribution is 0.0776. The van der Waals surface area contributed by atoms with Crippen LogP contribution >= 0.6 is 11.6 Å². The molecule has 1 aliphatic heterocycles. The molecule has 4 heteroatoms. The normalized spacial score (nSPS) is 19.8. The van der Waals surface area contributed by atoms with Crippen LogP contribution in [0, 0.1) is 18.3 Å². The van der Waals surface area contributed by atoms with E-state index in [4.69, 9.17) is 11.6 Å². The number of rotatable bonds is 1. The Morgan fingerprint density at radius 3 is 2.68 bits per heavy atom. The number of carbonyl (C=O) groups is 1. The number of nitrogens with zero attached hydrogens (tertiary/aromatic N) is 2. The fraction of sp³-hybridized carbons (Fsp3) is 0.600. The van der Waals surface area contributed by atoms with Gasteiger partial charge in [-0.25, -0.2) is 0 Å². The Morgan fingerprint density at radius 2 is 2.16 bits per heavy atom. The molecule has 0 saturated carbocycles. The average molecular weight is 281 g/mol. The number of halogens is 1. The first kappa shape index (κ1) is 14.3. The largest absolute Gasteiger partial charge is 0.338 e. The predicted octanol–water partition coefficient (Wildman–Crippen LogP) is 3.55. The molecule has 1 amide bonds. The summed E-state index contributed by atoms with van der Waals surface area (Å²) in [7, 11) is 0. The number of carbonyl (C=O) groups excluding carboxylic acids is 1. The zero-order chi connectivity index (χ0) is 14.2. The van der Waals surface area contributed by atoms with Crippen LogP contribution in [0.3, 0.4) is 0 Å². The van der Waals surface area contributed by atoms with E-state index < -0.39 is 0 Å². The van der Waals surface area contributed by atoms with E-state index in [2.05, 4.69) is 25.8 Å². The molecule has 1 aromatic rings. The van der Waals surface area contributed by atoms with Crippen molar-refractivity contribution in [3.05, 3.63) is 28.5 Å². The Balaban J connectivity index is 2.14. The molecule has 0 aliphatic carbocycles. The Hall–Kier alpha value is -1.09. The first-order chi connectivity index (χ1) is 8.79. The molecule has 0 radical (unpaired) electrons. The van der Waals surface area contributed by atoms with Crippen LogP contribution in [0.4, 0.5) is 0 Å². The maximum Gasteiger partial charge on any atom is 0.256 e. The zero-order valence-corrected chi connectivity index (χ0v) is 12.8. The number of aromatic nitrogens is 1. The van der Waals surface area contributed by atoms with Crippen LogP contribution in [0.1, 0.15) is 43.2 Å². The van der Waals surface area contributed by atoms with Crippen molar-refractivity contribution in [2.45, 2.75) is 34.1 Å². The molecule has 1 aliphatic rings. The third kappa shape index (κ3) is 3.08. The molecule has 0 N–H and O–H groups in total. The summed E-state index contributed by atoms with van der Waals surface area (Å²) in [6.07, 6.45) is 2.65. The molecule has 2 heterocycles. The fourth-order valence-electron chi connectivity index (χ4n) is 2.51. The summed E-state index contributed by atoms with van der Waals surface area (Å²) in [4.78, 5) is 18.5. The Morgan fingerprint density at radius 1 is 1.47 bits per heavy atom. The van der Waals surface area contributed by atoms with Crippen molar-refractivity contribution in [3.8, 4) is 0 Å². The minimum atomic E-state index is 0.00394. The molecule has 104 valence electrons. The van der Waals surface area contributed by atoms with E-state index in [0.717, 1.165) is 25.2 Å². The Labute approximate surface area is 120 Å². The smallest absolute Gasteiger partial charge is 0.256 e. The van der Waals surface area contributed by atoms with E-state index >= 15 is 0 Å². The van der Waals surface area contributed by atoms with E-state index in [1.807, 2.05) is 11.8 Å². The van der Waals surface area contributed by atoms with Crippen molar-refractivity contribution in [3.63, 3.8) is 0 Å². The lowest BCUT2D eigenvalue weighted by atomic mass is 9.80. The van der Waals surface area contributed by atoms with Gasteiger partial charge in [-0.3, -0.25) is 9.78 Å². The Bertz CT molecular complexity index is 493. The highest BCUT2D eigenvalue weighted by Crippen LogP contribution is 2.34. The van der Waals surface area contributed by atoms with E-state index in [9.17, 15) is 4.79 Å². The molecular formula is C15H21ClN2O. The molecule has 0 aromatic carbocycles. The van der Waals surface area contributed by atoms with E-state index in [1.165, 1.54) is 0 Å². The molecule has 1 atom stereocenters. The molecule has 19 heavy (non-hydrogen) atoms. The van der Waals surface area contributed by atoms with Crippen molar-refractivity contribution in [2.75, 3.05) is 13.1 Å². The standard InChI is InChI=1S/C15H21ClN2O/c1-10-7-13(16)12(8-17-10)14(19)18-6-5-11(9-18)15(2,3)4/h7-8,11H,5-6,9H2,1-4H3. The fourth-order valence-corrected chi connectivity index (χ4v) is 2.79. The van der Waals surface area contributed by atoms with Gasteiger partial charge in [0.25, 0.3) is 5.91 Å². The van der Waals surface area contributed by atoms with E-state index in [0.29, 0.717) is 16.5 Å². The highest BCUT2D eigenvalue weighted by molar-refractivity contribution is 6.33. The minimum absolute atomic E-state index is 0.00394. The lowest BCUT2D eigenvalue weighted by Crippen LogP contribution is -2.31. The summed E-state index contributed by atoms with van der Waals surface area (Å²) in [6.45, 7) is 10.2. The third-order valence-corrected chi connectivity index (χ3v) is 4.23. The van der Waals surface area contributed by atoms with Gasteiger partial charge in [-0.2, -0.15) is 0 Å². The molecule has 1 fully saturated rings. The molecule has 1 unspecified atom stereocenters. The number of hydrogen-bond acceptors (Lipinski definition) is 2. The number of amides is 1. The van der Waals surface area contributed by atoms with Gasteiger partial charge in [-0.1, -0.05) is 32.4 Å². The summed E-state index contributed by atoms with van der Waals surface area (Å²) < 4.78 is 0. The van der Waals surface area contributed by atoms with Crippen LogP contribution < -0.4 is 0 Å². The van der Waals surface area contributed by atoms with Crippen molar-refractivity contribution >= 4 is 17.5 Å². The summed E-state index contributed by atoms with van der Waals surface area (Å²) in [5, 5.41) is 0.497. The zero-order valence-electron chi connectivity index (χ0n) is 12.0. The molecule has 1 saturated heterocycles. The van der Waals surface area contributed by atoms with Gasteiger partial charge in [-0.05, 0) is 30.7 Å². The first-order valence-corrected chi connectivity index (χ1v) is 7.08. The number of hydrogen-bond donors (Lipinski definition) is 0. The van der Waals surface area contributed by atoms with Crippen molar-refractivity contribution in [1.29, 1.82) is 0 Å². The number of pyridine rings is 1. The molecule has 0 bridgehead atoms. The molecule has 3 nitrogen and oxygen atoms in total. The van der Waals surface area contributed by atoms with Gasteiger partial charge < -0.3 is 4.90 Å². The minimum Gasteiger partial charge on any atom is -0.338 e. The number of aryl methyl sites for hydroxylation is 1. The van der Waals surface area contributed by atoms with Gasteiger partial charge in [0.2, 0.25) is 0 Å². The summed E-state index contributed by atoms with van der Waals surface area (Å²) >= 11 is 6.14. The Kier molecular flexibility index (Phi) is 3.86. The summed E-state index contributed by atoms with van der Waals surface area (Å²) in [5.74, 6) is 0.554. The van der Waals surface area contributed by atoms with Crippen LogP contribution in [0.5, 0.6) is 0 Å². The summed E-state index contributed by atoms with van der Waals surface area (Å²) in [5.41, 5.74) is 1.59. The topological polar surface area (TPSA) is 33.2 Å². The average Bonchev–Trinajstić information content (AvgIpc) is 2.76. The van der Waals surface area contributed by atoms with Gasteiger partial charge in [0, 0.05) is 25.0 Å². The number of likely N-dealkylation sites (tertiary alicyclic amines) is 1. The van der Waals surface area contributed by atoms with Gasteiger partial charge in [0.05, 0.1) is 10.6 Å². The summed E-state index contributed by atoms with van der Waals surface area (Å²) in [6, 6.07) is 1.74. The molecule has 0 spiro atoms. The molecule has 1 aromatic heterocycles. The van der Waals surface area contributed by atoms with Crippen LogP contribution in [-0.4, -0.2) is 28.9 Å². The van der Waals surface area contributed by atoms with Crippen LogP contribution in [0.25, 0.3) is 0 Å². The molecule has 2 rings (SSSR count). The molecular weight excluding hydrogens is 260 g/mol. The lowest BCUT2D eigenvalue weighted by Gasteiger charge is -2.27. The SMILES string of the molecule is Cc1cc(Cl)c(C(=O)N2CCC(C(C)(C)C)C2)cn1. The highest BCUT2D eigenvalue weighted by atomic mass is 35.5. The van der Waals surface area contributed by atoms with Gasteiger partial charge in [0.1, 0.15) is 0 Å². The second-order valence-electron chi connectivity index (χ2n) is 6.41. The van der Waals surface area contributed by atoms with Crippen LogP contribution in [-0.2, 0) is 0 Å². The van der Waals surface area contributed by atoms with Crippen LogP contribution in [0.2, 0.25) is 5.02 Å². The monoisotopic (exact) mass is 280 g/mol. The van der Waals surface area contributed by atoms with Gasteiger partial charge >= 0.3 is 0 Å². The van der Waals surface area contributed by atoms with E-state index in [-0.39, 0.29) is 11.3 Å². The van der Waals surface area contributed by atoms with E-state index in [1.54, 1.807) is 12.3 Å². The van der Waals surface area contributed by atoms with Crippen molar-refractivity contribution in [1.82, 2.24) is 9.88 Å². The van der Waals surface area contributed by atoms with Gasteiger partial charge in [0.15, 0.2) is 0 Å². The second-order valence-corrected chi connectivity index (χ2v) is 6.82. The predicted molar refractivity (Wildman–Crippen MR) is 77.4 cm³/mol. The first-order valence-electron chi connectivity index (χ1n) is 6.70. The maximum atomic E-state index is 12.5.